The van der Waals surface area contributed by atoms with Crippen LogP contribution in [0, 0.1) is 0 Å². The first-order valence-electron chi connectivity index (χ1n) is 12.3. The number of aromatic amines is 1. The van der Waals surface area contributed by atoms with Crippen molar-refractivity contribution in [3.05, 3.63) is 118 Å². The molecule has 4 heterocycles. The molecule has 6 rings (SSSR count). The molecule has 0 saturated heterocycles. The maximum atomic E-state index is 13.4. The monoisotopic (exact) mass is 476 g/mol. The summed E-state index contributed by atoms with van der Waals surface area (Å²) in [6.07, 6.45) is 3.26. The van der Waals surface area contributed by atoms with E-state index in [9.17, 15) is 4.79 Å². The highest BCUT2D eigenvalue weighted by Crippen LogP contribution is 2.42. The summed E-state index contributed by atoms with van der Waals surface area (Å²) < 4.78 is 7.77. The lowest BCUT2D eigenvalue weighted by Gasteiger charge is -2.29. The highest BCUT2D eigenvalue weighted by molar-refractivity contribution is 5.96. The fourth-order valence-corrected chi connectivity index (χ4v) is 5.46. The van der Waals surface area contributed by atoms with E-state index in [1.165, 1.54) is 16.6 Å². The zero-order valence-corrected chi connectivity index (χ0v) is 20.4. The highest BCUT2D eigenvalue weighted by atomic mass is 16.5. The number of hydrogen-bond donors (Lipinski definition) is 2. The van der Waals surface area contributed by atoms with Crippen molar-refractivity contribution >= 4 is 16.8 Å². The predicted octanol–water partition coefficient (Wildman–Crippen LogP) is 5.41. The number of fused-ring (bicyclic) bond motifs is 4. The molecule has 2 aromatic carbocycles. The van der Waals surface area contributed by atoms with Crippen LogP contribution in [0.4, 0.5) is 0 Å². The number of H-pyrrole nitrogens is 1. The molecular formula is C30H28N4O2. The lowest BCUT2D eigenvalue weighted by Crippen LogP contribution is -2.26. The topological polar surface area (TPSA) is 71.9 Å². The molecule has 36 heavy (non-hydrogen) atoms. The van der Waals surface area contributed by atoms with E-state index in [1.54, 1.807) is 13.3 Å². The van der Waals surface area contributed by atoms with E-state index in [4.69, 9.17) is 4.74 Å². The van der Waals surface area contributed by atoms with Crippen molar-refractivity contribution in [3.63, 3.8) is 0 Å². The van der Waals surface area contributed by atoms with E-state index in [-0.39, 0.29) is 11.9 Å². The second-order valence-corrected chi connectivity index (χ2v) is 9.14. The molecule has 6 heteroatoms. The summed E-state index contributed by atoms with van der Waals surface area (Å²) in [6, 6.07) is 24.4. The Balaban J connectivity index is 1.46. The van der Waals surface area contributed by atoms with Crippen LogP contribution in [0.15, 0.2) is 79.0 Å². The molecule has 1 unspecified atom stereocenters. The number of benzene rings is 2. The maximum absolute atomic E-state index is 13.4. The third kappa shape index (κ3) is 3.66. The summed E-state index contributed by atoms with van der Waals surface area (Å²) in [7, 11) is 1.68. The van der Waals surface area contributed by atoms with Crippen molar-refractivity contribution in [1.82, 2.24) is 19.9 Å². The van der Waals surface area contributed by atoms with Crippen LogP contribution in [-0.2, 0) is 19.4 Å². The SMILES string of the molecule is CCc1c(C(=O)NCc2ccccn2)cc2n1C(c1ccc(OC)cc1)c1[nH]c3ccccc3c1C2. The van der Waals surface area contributed by atoms with Gasteiger partial charge >= 0.3 is 0 Å². The molecule has 0 radical (unpaired) electrons. The van der Waals surface area contributed by atoms with Crippen LogP contribution in [0.3, 0.4) is 0 Å². The lowest BCUT2D eigenvalue weighted by atomic mass is 9.93. The maximum Gasteiger partial charge on any atom is 0.253 e. The first-order chi connectivity index (χ1) is 17.7. The number of nitrogens with one attached hydrogen (secondary N) is 2. The third-order valence-electron chi connectivity index (χ3n) is 7.13. The molecule has 0 bridgehead atoms. The van der Waals surface area contributed by atoms with Crippen LogP contribution >= 0.6 is 0 Å². The van der Waals surface area contributed by atoms with Gasteiger partial charge in [-0.2, -0.15) is 0 Å². The van der Waals surface area contributed by atoms with Crippen molar-refractivity contribution in [3.8, 4) is 5.75 Å². The molecule has 180 valence electrons. The lowest BCUT2D eigenvalue weighted by molar-refractivity contribution is 0.0949. The first-order valence-corrected chi connectivity index (χ1v) is 12.3. The van der Waals surface area contributed by atoms with Gasteiger partial charge in [0.25, 0.3) is 5.91 Å². The van der Waals surface area contributed by atoms with Crippen LogP contribution in [0.5, 0.6) is 5.75 Å². The number of amides is 1. The minimum Gasteiger partial charge on any atom is -0.497 e. The number of aromatic nitrogens is 3. The Kier molecular flexibility index (Phi) is 5.56. The second kappa shape index (κ2) is 9.04. The van der Waals surface area contributed by atoms with Crippen molar-refractivity contribution in [2.24, 2.45) is 0 Å². The Morgan fingerprint density at radius 2 is 1.92 bits per heavy atom. The number of methoxy groups -OCH3 is 1. The van der Waals surface area contributed by atoms with E-state index in [0.717, 1.165) is 52.3 Å². The van der Waals surface area contributed by atoms with Gasteiger partial charge in [-0.3, -0.25) is 9.78 Å². The number of hydrogen-bond acceptors (Lipinski definition) is 3. The number of ether oxygens (including phenoxy) is 1. The standard InChI is InChI=1S/C30H28N4O2/c1-3-27-25(30(35)32-18-20-8-6-7-15-31-20)17-21-16-24-23-9-4-5-10-26(23)33-28(24)29(34(21)27)19-11-13-22(36-2)14-12-19/h4-15,17,29,33H,3,16,18H2,1-2H3,(H,32,35). The number of pyridine rings is 1. The van der Waals surface area contributed by atoms with Crippen molar-refractivity contribution in [1.29, 1.82) is 0 Å². The van der Waals surface area contributed by atoms with E-state index in [1.807, 2.05) is 30.3 Å². The molecule has 2 N–H and O–H groups in total. The molecule has 1 atom stereocenters. The van der Waals surface area contributed by atoms with Crippen molar-refractivity contribution in [2.45, 2.75) is 32.4 Å². The van der Waals surface area contributed by atoms with Crippen LogP contribution in [0.25, 0.3) is 10.9 Å². The van der Waals surface area contributed by atoms with E-state index >= 15 is 0 Å². The highest BCUT2D eigenvalue weighted by Gasteiger charge is 2.33. The van der Waals surface area contributed by atoms with Crippen LogP contribution in [0.2, 0.25) is 0 Å². The quantitative estimate of drug-likeness (QED) is 0.338. The summed E-state index contributed by atoms with van der Waals surface area (Å²) in [5.41, 5.74) is 8.51. The Hall–Kier alpha value is -4.32. The molecule has 0 fully saturated rings. The van der Waals surface area contributed by atoms with Gasteiger partial charge in [0.15, 0.2) is 0 Å². The summed E-state index contributed by atoms with van der Waals surface area (Å²) in [6.45, 7) is 2.51. The zero-order chi connectivity index (χ0) is 24.6. The van der Waals surface area contributed by atoms with Gasteiger partial charge in [0.1, 0.15) is 5.75 Å². The van der Waals surface area contributed by atoms with Gasteiger partial charge in [-0.15, -0.1) is 0 Å². The minimum absolute atomic E-state index is 0.0608. The van der Waals surface area contributed by atoms with Gasteiger partial charge in [0.05, 0.1) is 31.0 Å². The van der Waals surface area contributed by atoms with Gasteiger partial charge in [-0.05, 0) is 53.9 Å². The third-order valence-corrected chi connectivity index (χ3v) is 7.13. The fourth-order valence-electron chi connectivity index (χ4n) is 5.46. The minimum atomic E-state index is -0.0681. The van der Waals surface area contributed by atoms with Gasteiger partial charge in [-0.25, -0.2) is 0 Å². The second-order valence-electron chi connectivity index (χ2n) is 9.14. The summed E-state index contributed by atoms with van der Waals surface area (Å²) in [5, 5.41) is 4.31. The smallest absolute Gasteiger partial charge is 0.253 e. The molecule has 0 spiro atoms. The predicted molar refractivity (Wildman–Crippen MR) is 141 cm³/mol. The Labute approximate surface area is 210 Å². The molecular weight excluding hydrogens is 448 g/mol. The molecule has 1 aliphatic rings. The van der Waals surface area contributed by atoms with Gasteiger partial charge in [-0.1, -0.05) is 43.3 Å². The van der Waals surface area contributed by atoms with Crippen molar-refractivity contribution in [2.75, 3.05) is 7.11 Å². The molecule has 0 aliphatic carbocycles. The van der Waals surface area contributed by atoms with Crippen LogP contribution in [0.1, 0.15) is 57.2 Å². The Bertz CT molecular complexity index is 1550. The summed E-state index contributed by atoms with van der Waals surface area (Å²) in [5.74, 6) is 0.755. The molecule has 3 aromatic heterocycles. The Morgan fingerprint density at radius 3 is 2.67 bits per heavy atom. The summed E-state index contributed by atoms with van der Waals surface area (Å²) in [4.78, 5) is 21.4. The van der Waals surface area contributed by atoms with E-state index in [2.05, 4.69) is 69.2 Å². The summed E-state index contributed by atoms with van der Waals surface area (Å²) >= 11 is 0. The number of rotatable bonds is 6. The van der Waals surface area contributed by atoms with Crippen LogP contribution < -0.4 is 10.1 Å². The molecule has 0 saturated carbocycles. The van der Waals surface area contributed by atoms with Gasteiger partial charge in [0, 0.05) is 40.6 Å². The van der Waals surface area contributed by atoms with E-state index < -0.39 is 0 Å². The molecule has 6 nitrogen and oxygen atoms in total. The fraction of sp³-hybridized carbons (Fsp3) is 0.200. The number of nitrogens with zero attached hydrogens (tertiary/aromatic N) is 2. The molecule has 1 amide bonds. The normalized spacial score (nSPS) is 14.3. The van der Waals surface area contributed by atoms with Gasteiger partial charge < -0.3 is 19.6 Å². The molecule has 1 aliphatic heterocycles. The van der Waals surface area contributed by atoms with Crippen LogP contribution in [-0.4, -0.2) is 27.6 Å². The average molecular weight is 477 g/mol. The van der Waals surface area contributed by atoms with Gasteiger partial charge in [0.2, 0.25) is 0 Å². The average Bonchev–Trinajstić information content (AvgIpc) is 3.49. The largest absolute Gasteiger partial charge is 0.497 e. The number of para-hydroxylation sites is 1. The Morgan fingerprint density at radius 1 is 1.11 bits per heavy atom. The molecule has 5 aromatic rings. The number of carbonyl (C=O) groups is 1. The van der Waals surface area contributed by atoms with E-state index in [0.29, 0.717) is 6.54 Å². The van der Waals surface area contributed by atoms with Crippen molar-refractivity contribution < 1.29 is 9.53 Å². The number of carbonyl (C=O) groups excluding carboxylic acids is 1. The first kappa shape index (κ1) is 22.2. The zero-order valence-electron chi connectivity index (χ0n) is 20.4.